The third kappa shape index (κ3) is 4.69. The van der Waals surface area contributed by atoms with Crippen LogP contribution in [0.2, 0.25) is 0 Å². The van der Waals surface area contributed by atoms with Crippen molar-refractivity contribution in [2.45, 2.75) is 31.6 Å². The first-order valence-electron chi connectivity index (χ1n) is 7.43. The number of hydrogen-bond donors (Lipinski definition) is 2. The van der Waals surface area contributed by atoms with Gasteiger partial charge in [0.25, 0.3) is 0 Å². The SMILES string of the molecule is CC(C)COCCCNS(=O)(=O)c1ccc2c(c1)NCC2. The fourth-order valence-corrected chi connectivity index (χ4v) is 3.32. The first-order chi connectivity index (χ1) is 9.99. The molecule has 2 N–H and O–H groups in total. The van der Waals surface area contributed by atoms with Crippen LogP contribution in [0.25, 0.3) is 0 Å². The molecule has 21 heavy (non-hydrogen) atoms. The van der Waals surface area contributed by atoms with Gasteiger partial charge in [-0.25, -0.2) is 13.1 Å². The van der Waals surface area contributed by atoms with E-state index in [1.54, 1.807) is 12.1 Å². The smallest absolute Gasteiger partial charge is 0.240 e. The zero-order valence-corrected chi connectivity index (χ0v) is 13.5. The molecule has 1 aliphatic heterocycles. The van der Waals surface area contributed by atoms with E-state index < -0.39 is 10.0 Å². The molecule has 0 aromatic heterocycles. The summed E-state index contributed by atoms with van der Waals surface area (Å²) in [5.74, 6) is 0.501. The van der Waals surface area contributed by atoms with Gasteiger partial charge in [0.2, 0.25) is 10.0 Å². The van der Waals surface area contributed by atoms with Gasteiger partial charge in [-0.05, 0) is 36.5 Å². The summed E-state index contributed by atoms with van der Waals surface area (Å²) in [5.41, 5.74) is 2.11. The fourth-order valence-electron chi connectivity index (χ4n) is 2.22. The molecule has 1 aromatic rings. The summed E-state index contributed by atoms with van der Waals surface area (Å²) >= 11 is 0. The fraction of sp³-hybridized carbons (Fsp3) is 0.600. The van der Waals surface area contributed by atoms with Crippen molar-refractivity contribution in [1.29, 1.82) is 0 Å². The molecule has 0 amide bonds. The molecule has 6 heteroatoms. The second-order valence-electron chi connectivity index (χ2n) is 5.72. The molecule has 0 atom stereocenters. The molecule has 0 radical (unpaired) electrons. The number of nitrogens with one attached hydrogen (secondary N) is 2. The highest BCUT2D eigenvalue weighted by molar-refractivity contribution is 7.89. The Labute approximate surface area is 127 Å². The molecule has 2 rings (SSSR count). The summed E-state index contributed by atoms with van der Waals surface area (Å²) in [6.45, 7) is 6.73. The molecule has 118 valence electrons. The van der Waals surface area contributed by atoms with Crippen molar-refractivity contribution in [2.24, 2.45) is 5.92 Å². The van der Waals surface area contributed by atoms with E-state index in [0.29, 0.717) is 37.0 Å². The lowest BCUT2D eigenvalue weighted by Gasteiger charge is -2.09. The second-order valence-corrected chi connectivity index (χ2v) is 7.48. The van der Waals surface area contributed by atoms with E-state index in [4.69, 9.17) is 4.74 Å². The number of hydrogen-bond acceptors (Lipinski definition) is 4. The molecule has 1 aliphatic rings. The highest BCUT2D eigenvalue weighted by Crippen LogP contribution is 2.25. The summed E-state index contributed by atoms with van der Waals surface area (Å²) in [6.07, 6.45) is 1.63. The first kappa shape index (κ1) is 16.3. The molecule has 0 bridgehead atoms. The van der Waals surface area contributed by atoms with Gasteiger partial charge in [-0.1, -0.05) is 19.9 Å². The highest BCUT2D eigenvalue weighted by Gasteiger charge is 2.17. The van der Waals surface area contributed by atoms with Crippen LogP contribution in [0.15, 0.2) is 23.1 Å². The van der Waals surface area contributed by atoms with Crippen molar-refractivity contribution >= 4 is 15.7 Å². The normalized spacial score (nSPS) is 14.2. The van der Waals surface area contributed by atoms with Crippen LogP contribution in [0, 0.1) is 5.92 Å². The van der Waals surface area contributed by atoms with E-state index in [1.807, 2.05) is 6.07 Å². The molecule has 0 aliphatic carbocycles. The van der Waals surface area contributed by atoms with Crippen LogP contribution in [0.1, 0.15) is 25.8 Å². The average molecular weight is 312 g/mol. The van der Waals surface area contributed by atoms with E-state index in [0.717, 1.165) is 18.7 Å². The summed E-state index contributed by atoms with van der Waals surface area (Å²) in [4.78, 5) is 0.318. The standard InChI is InChI=1S/C15H24N2O3S/c1-12(2)11-20-9-3-7-17-21(18,19)14-5-4-13-6-8-16-15(13)10-14/h4-5,10,12,16-17H,3,6-9,11H2,1-2H3. The summed E-state index contributed by atoms with van der Waals surface area (Å²) in [7, 11) is -3.43. The van der Waals surface area contributed by atoms with E-state index in [1.165, 1.54) is 5.56 Å². The summed E-state index contributed by atoms with van der Waals surface area (Å²) in [5, 5.41) is 3.19. The van der Waals surface area contributed by atoms with Crippen molar-refractivity contribution in [1.82, 2.24) is 4.72 Å². The lowest BCUT2D eigenvalue weighted by atomic mass is 10.2. The minimum absolute atomic E-state index is 0.318. The third-order valence-electron chi connectivity index (χ3n) is 3.31. The Kier molecular flexibility index (Phi) is 5.61. The highest BCUT2D eigenvalue weighted by atomic mass is 32.2. The molecule has 1 heterocycles. The topological polar surface area (TPSA) is 67.4 Å². The molecule has 0 unspecified atom stereocenters. The number of benzene rings is 1. The quantitative estimate of drug-likeness (QED) is 0.721. The molecular formula is C15H24N2O3S. The van der Waals surface area contributed by atoms with Gasteiger partial charge in [0.15, 0.2) is 0 Å². The predicted octanol–water partition coefficient (Wildman–Crippen LogP) is 2.00. The lowest BCUT2D eigenvalue weighted by Crippen LogP contribution is -2.25. The zero-order valence-electron chi connectivity index (χ0n) is 12.7. The maximum atomic E-state index is 12.2. The minimum Gasteiger partial charge on any atom is -0.384 e. The molecular weight excluding hydrogens is 288 g/mol. The molecule has 0 saturated heterocycles. The number of fused-ring (bicyclic) bond motifs is 1. The summed E-state index contributed by atoms with van der Waals surface area (Å²) in [6, 6.07) is 5.26. The Hall–Kier alpha value is -1.11. The van der Waals surface area contributed by atoms with Gasteiger partial charge >= 0.3 is 0 Å². The van der Waals surface area contributed by atoms with Crippen LogP contribution in [0.4, 0.5) is 5.69 Å². The molecule has 1 aromatic carbocycles. The molecule has 0 spiro atoms. The molecule has 0 fully saturated rings. The van der Waals surface area contributed by atoms with Crippen LogP contribution in [-0.4, -0.2) is 34.7 Å². The van der Waals surface area contributed by atoms with Gasteiger partial charge in [-0.3, -0.25) is 0 Å². The zero-order chi connectivity index (χ0) is 15.3. The predicted molar refractivity (Wildman–Crippen MR) is 84.1 cm³/mol. The third-order valence-corrected chi connectivity index (χ3v) is 4.77. The number of anilines is 1. The Bertz CT molecular complexity index is 570. The van der Waals surface area contributed by atoms with Crippen molar-refractivity contribution in [3.8, 4) is 0 Å². The van der Waals surface area contributed by atoms with Gasteiger partial charge in [0.05, 0.1) is 4.90 Å². The molecule has 0 saturated carbocycles. The molecule has 5 nitrogen and oxygen atoms in total. The van der Waals surface area contributed by atoms with Crippen LogP contribution in [0.5, 0.6) is 0 Å². The largest absolute Gasteiger partial charge is 0.384 e. The van der Waals surface area contributed by atoms with Crippen LogP contribution >= 0.6 is 0 Å². The van der Waals surface area contributed by atoms with Crippen LogP contribution in [0.3, 0.4) is 0 Å². The Morgan fingerprint density at radius 1 is 1.38 bits per heavy atom. The van der Waals surface area contributed by atoms with E-state index in [9.17, 15) is 8.42 Å². The van der Waals surface area contributed by atoms with Crippen LogP contribution < -0.4 is 10.0 Å². The van der Waals surface area contributed by atoms with Crippen molar-refractivity contribution < 1.29 is 13.2 Å². The minimum atomic E-state index is -3.43. The number of rotatable bonds is 8. The van der Waals surface area contributed by atoms with Crippen LogP contribution in [-0.2, 0) is 21.2 Å². The van der Waals surface area contributed by atoms with Crippen molar-refractivity contribution in [2.75, 3.05) is 31.6 Å². The maximum Gasteiger partial charge on any atom is 0.240 e. The van der Waals surface area contributed by atoms with Crippen molar-refractivity contribution in [3.63, 3.8) is 0 Å². The van der Waals surface area contributed by atoms with Gasteiger partial charge in [0, 0.05) is 32.0 Å². The average Bonchev–Trinajstić information content (AvgIpc) is 2.89. The van der Waals surface area contributed by atoms with E-state index in [-0.39, 0.29) is 0 Å². The number of ether oxygens (including phenoxy) is 1. The van der Waals surface area contributed by atoms with Gasteiger partial charge < -0.3 is 10.1 Å². The Balaban J connectivity index is 1.82. The lowest BCUT2D eigenvalue weighted by molar-refractivity contribution is 0.108. The van der Waals surface area contributed by atoms with E-state index >= 15 is 0 Å². The van der Waals surface area contributed by atoms with Gasteiger partial charge in [-0.2, -0.15) is 0 Å². The van der Waals surface area contributed by atoms with E-state index in [2.05, 4.69) is 23.9 Å². The maximum absolute atomic E-state index is 12.2. The monoisotopic (exact) mass is 312 g/mol. The Morgan fingerprint density at radius 3 is 2.95 bits per heavy atom. The Morgan fingerprint density at radius 2 is 2.19 bits per heavy atom. The van der Waals surface area contributed by atoms with Gasteiger partial charge in [0.1, 0.15) is 0 Å². The van der Waals surface area contributed by atoms with Gasteiger partial charge in [-0.15, -0.1) is 0 Å². The first-order valence-corrected chi connectivity index (χ1v) is 8.91. The number of sulfonamides is 1. The van der Waals surface area contributed by atoms with Crippen molar-refractivity contribution in [3.05, 3.63) is 23.8 Å². The second kappa shape index (κ2) is 7.24. The summed E-state index contributed by atoms with van der Waals surface area (Å²) < 4.78 is 32.4.